The van der Waals surface area contributed by atoms with Crippen LogP contribution in [0, 0.1) is 0 Å². The maximum Gasteiger partial charge on any atom is 0.0406 e. The number of hydrogen-bond donors (Lipinski definition) is 0. The summed E-state index contributed by atoms with van der Waals surface area (Å²) in [5.74, 6) is 0. The van der Waals surface area contributed by atoms with E-state index in [-0.39, 0.29) is 5.41 Å². The largest absolute Gasteiger partial charge is 0.0918 e. The predicted octanol–water partition coefficient (Wildman–Crippen LogP) is 5.61. The van der Waals surface area contributed by atoms with Gasteiger partial charge in [0.1, 0.15) is 0 Å². The Labute approximate surface area is 136 Å². The summed E-state index contributed by atoms with van der Waals surface area (Å²) >= 11 is 13.3. The van der Waals surface area contributed by atoms with E-state index in [1.54, 1.807) is 0 Å². The van der Waals surface area contributed by atoms with Gasteiger partial charge in [-0.25, -0.2) is 0 Å². The van der Waals surface area contributed by atoms with Gasteiger partial charge < -0.3 is 0 Å². The van der Waals surface area contributed by atoms with E-state index in [1.165, 1.54) is 11.1 Å². The SMILES string of the molecule is Clc1ccc(CC(CBr)(CBr)c2ccccc2)cc1. The summed E-state index contributed by atoms with van der Waals surface area (Å²) in [5, 5.41) is 2.61. The molecule has 0 bridgehead atoms. The minimum Gasteiger partial charge on any atom is -0.0918 e. The molecule has 0 aliphatic heterocycles. The highest BCUT2D eigenvalue weighted by Gasteiger charge is 2.30. The number of rotatable bonds is 5. The van der Waals surface area contributed by atoms with Gasteiger partial charge in [-0.3, -0.25) is 0 Å². The Morgan fingerprint density at radius 3 is 1.95 bits per heavy atom. The molecule has 0 nitrogen and oxygen atoms in total. The van der Waals surface area contributed by atoms with Crippen LogP contribution in [0.1, 0.15) is 11.1 Å². The molecule has 0 saturated carbocycles. The van der Waals surface area contributed by atoms with E-state index in [0.29, 0.717) is 0 Å². The van der Waals surface area contributed by atoms with Crippen LogP contribution in [0.4, 0.5) is 0 Å². The van der Waals surface area contributed by atoms with Gasteiger partial charge in [0.25, 0.3) is 0 Å². The summed E-state index contributed by atoms with van der Waals surface area (Å²) in [4.78, 5) is 0. The molecule has 0 fully saturated rings. The van der Waals surface area contributed by atoms with Crippen LogP contribution in [0.15, 0.2) is 54.6 Å². The van der Waals surface area contributed by atoms with E-state index >= 15 is 0 Å². The second kappa shape index (κ2) is 6.92. The van der Waals surface area contributed by atoms with Gasteiger partial charge in [-0.05, 0) is 29.7 Å². The monoisotopic (exact) mass is 400 g/mol. The maximum atomic E-state index is 5.95. The van der Waals surface area contributed by atoms with E-state index < -0.39 is 0 Å². The van der Waals surface area contributed by atoms with Gasteiger partial charge in [0, 0.05) is 21.1 Å². The van der Waals surface area contributed by atoms with E-state index in [4.69, 9.17) is 11.6 Å². The van der Waals surface area contributed by atoms with Crippen molar-refractivity contribution in [2.75, 3.05) is 10.7 Å². The molecular weight excluding hydrogens is 387 g/mol. The fourth-order valence-corrected chi connectivity index (χ4v) is 4.27. The number of alkyl halides is 2. The highest BCUT2D eigenvalue weighted by atomic mass is 79.9. The molecule has 0 aliphatic rings. The van der Waals surface area contributed by atoms with E-state index in [0.717, 1.165) is 22.1 Å². The number of benzene rings is 2. The van der Waals surface area contributed by atoms with Crippen LogP contribution in [0.25, 0.3) is 0 Å². The Bertz CT molecular complexity index is 504. The Kier molecular flexibility index (Phi) is 5.49. The summed E-state index contributed by atoms with van der Waals surface area (Å²) in [6.07, 6.45) is 0.977. The smallest absolute Gasteiger partial charge is 0.0406 e. The summed E-state index contributed by atoms with van der Waals surface area (Å²) < 4.78 is 0. The molecule has 2 aromatic rings. The van der Waals surface area contributed by atoms with Crippen LogP contribution in [-0.4, -0.2) is 10.7 Å². The van der Waals surface area contributed by atoms with E-state index in [2.05, 4.69) is 74.3 Å². The summed E-state index contributed by atoms with van der Waals surface area (Å²) in [7, 11) is 0. The molecule has 19 heavy (non-hydrogen) atoms. The van der Waals surface area contributed by atoms with Crippen molar-refractivity contribution < 1.29 is 0 Å². The van der Waals surface area contributed by atoms with Gasteiger partial charge in [0.2, 0.25) is 0 Å². The normalized spacial score (nSPS) is 11.5. The van der Waals surface area contributed by atoms with Crippen molar-refractivity contribution in [3.8, 4) is 0 Å². The van der Waals surface area contributed by atoms with Crippen molar-refractivity contribution in [3.63, 3.8) is 0 Å². The molecular formula is C16H15Br2Cl. The molecule has 100 valence electrons. The fraction of sp³-hybridized carbons (Fsp3) is 0.250. The molecule has 0 saturated heterocycles. The zero-order valence-electron chi connectivity index (χ0n) is 10.5. The molecule has 2 rings (SSSR count). The molecule has 2 aromatic carbocycles. The Hall–Kier alpha value is -0.310. The lowest BCUT2D eigenvalue weighted by molar-refractivity contribution is 0.551. The molecule has 0 atom stereocenters. The third-order valence-electron chi connectivity index (χ3n) is 3.35. The highest BCUT2D eigenvalue weighted by molar-refractivity contribution is 9.09. The summed E-state index contributed by atoms with van der Waals surface area (Å²) in [5.41, 5.74) is 2.71. The first-order valence-corrected chi connectivity index (χ1v) is 8.74. The van der Waals surface area contributed by atoms with Crippen molar-refractivity contribution >= 4 is 43.5 Å². The zero-order chi connectivity index (χ0) is 13.7. The van der Waals surface area contributed by atoms with Crippen LogP contribution >= 0.6 is 43.5 Å². The molecule has 0 radical (unpaired) electrons. The maximum absolute atomic E-state index is 5.95. The van der Waals surface area contributed by atoms with Gasteiger partial charge in [0.05, 0.1) is 0 Å². The van der Waals surface area contributed by atoms with Gasteiger partial charge in [-0.15, -0.1) is 0 Å². The topological polar surface area (TPSA) is 0 Å². The van der Waals surface area contributed by atoms with E-state index in [1.807, 2.05) is 12.1 Å². The average molecular weight is 403 g/mol. The Morgan fingerprint density at radius 1 is 0.842 bits per heavy atom. The van der Waals surface area contributed by atoms with Crippen LogP contribution in [-0.2, 0) is 11.8 Å². The molecule has 0 heterocycles. The van der Waals surface area contributed by atoms with Gasteiger partial charge in [-0.2, -0.15) is 0 Å². The van der Waals surface area contributed by atoms with Crippen LogP contribution in [0.2, 0.25) is 5.02 Å². The molecule has 0 aliphatic carbocycles. The third kappa shape index (κ3) is 3.62. The average Bonchev–Trinajstić information content (AvgIpc) is 2.48. The lowest BCUT2D eigenvalue weighted by Crippen LogP contribution is -2.32. The first-order chi connectivity index (χ1) is 9.20. The minimum atomic E-state index is 0.0646. The van der Waals surface area contributed by atoms with Crippen molar-refractivity contribution in [3.05, 3.63) is 70.7 Å². The van der Waals surface area contributed by atoms with Crippen molar-refractivity contribution in [1.82, 2.24) is 0 Å². The number of hydrogen-bond acceptors (Lipinski definition) is 0. The van der Waals surface area contributed by atoms with Crippen LogP contribution in [0.5, 0.6) is 0 Å². The summed E-state index contributed by atoms with van der Waals surface area (Å²) in [6.45, 7) is 0. The molecule has 0 N–H and O–H groups in total. The predicted molar refractivity (Wildman–Crippen MR) is 90.9 cm³/mol. The van der Waals surface area contributed by atoms with Crippen LogP contribution < -0.4 is 0 Å². The van der Waals surface area contributed by atoms with Crippen molar-refractivity contribution in [1.29, 1.82) is 0 Å². The molecule has 0 amide bonds. The Morgan fingerprint density at radius 2 is 1.42 bits per heavy atom. The van der Waals surface area contributed by atoms with Gasteiger partial charge in [0.15, 0.2) is 0 Å². The first kappa shape index (κ1) is 15.1. The zero-order valence-corrected chi connectivity index (χ0v) is 14.4. The first-order valence-electron chi connectivity index (χ1n) is 6.12. The Balaban J connectivity index is 2.32. The molecule has 3 heteroatoms. The second-order valence-electron chi connectivity index (χ2n) is 4.72. The number of halogens is 3. The van der Waals surface area contributed by atoms with Crippen molar-refractivity contribution in [2.24, 2.45) is 0 Å². The molecule has 0 spiro atoms. The van der Waals surface area contributed by atoms with Gasteiger partial charge in [-0.1, -0.05) is 85.9 Å². The minimum absolute atomic E-state index is 0.0646. The fourth-order valence-electron chi connectivity index (χ4n) is 2.17. The van der Waals surface area contributed by atoms with Crippen LogP contribution in [0.3, 0.4) is 0 Å². The highest BCUT2D eigenvalue weighted by Crippen LogP contribution is 2.33. The lowest BCUT2D eigenvalue weighted by Gasteiger charge is -2.31. The molecule has 0 aromatic heterocycles. The summed E-state index contributed by atoms with van der Waals surface area (Å²) in [6, 6.07) is 18.7. The van der Waals surface area contributed by atoms with Gasteiger partial charge >= 0.3 is 0 Å². The lowest BCUT2D eigenvalue weighted by atomic mass is 9.79. The standard InChI is InChI=1S/C16H15Br2Cl/c17-11-16(12-18,14-4-2-1-3-5-14)10-13-6-8-15(19)9-7-13/h1-9H,10-12H2. The van der Waals surface area contributed by atoms with E-state index in [9.17, 15) is 0 Å². The third-order valence-corrected chi connectivity index (χ3v) is 5.75. The quantitative estimate of drug-likeness (QED) is 0.570. The second-order valence-corrected chi connectivity index (χ2v) is 6.27. The molecule has 0 unspecified atom stereocenters. The van der Waals surface area contributed by atoms with Crippen molar-refractivity contribution in [2.45, 2.75) is 11.8 Å².